The van der Waals surface area contributed by atoms with Gasteiger partial charge in [0.15, 0.2) is 0 Å². The Balaban J connectivity index is 2.07. The Kier molecular flexibility index (Phi) is 5.26. The number of rotatable bonds is 4. The summed E-state index contributed by atoms with van der Waals surface area (Å²) in [6.45, 7) is 2.69. The molecule has 110 valence electrons. The lowest BCUT2D eigenvalue weighted by Gasteiger charge is -2.45. The van der Waals surface area contributed by atoms with Gasteiger partial charge in [-0.3, -0.25) is 4.90 Å². The van der Waals surface area contributed by atoms with Crippen LogP contribution in [-0.4, -0.2) is 43.4 Å². The molecule has 1 atom stereocenters. The third-order valence-electron chi connectivity index (χ3n) is 4.63. The molecule has 0 unspecified atom stereocenters. The van der Waals surface area contributed by atoms with Crippen molar-refractivity contribution in [2.45, 2.75) is 43.8 Å². The zero-order valence-electron chi connectivity index (χ0n) is 11.8. The number of piperidine rings is 1. The predicted octanol–water partition coefficient (Wildman–Crippen LogP) is 1.63. The smallest absolute Gasteiger partial charge is 0.109 e. The molecule has 0 aromatic carbocycles. The van der Waals surface area contributed by atoms with Gasteiger partial charge < -0.3 is 16.2 Å². The Bertz CT molecular complexity index is 325. The van der Waals surface area contributed by atoms with Gasteiger partial charge in [0.05, 0.1) is 6.61 Å². The number of hydrogen-bond donors (Lipinski definition) is 2. The summed E-state index contributed by atoms with van der Waals surface area (Å²) in [5, 5.41) is 0.306. The normalized spacial score (nSPS) is 28.5. The lowest BCUT2D eigenvalue weighted by atomic mass is 9.69. The second-order valence-corrected chi connectivity index (χ2v) is 6.46. The van der Waals surface area contributed by atoms with Crippen molar-refractivity contribution >= 4 is 11.6 Å². The first-order valence-electron chi connectivity index (χ1n) is 7.15. The van der Waals surface area contributed by atoms with E-state index in [1.54, 1.807) is 7.11 Å². The lowest BCUT2D eigenvalue weighted by molar-refractivity contribution is 0.0305. The summed E-state index contributed by atoms with van der Waals surface area (Å²) in [7, 11) is 1.79. The molecule has 0 saturated carbocycles. The molecule has 0 aromatic rings. The summed E-state index contributed by atoms with van der Waals surface area (Å²) in [5.74, 6) is 0. The number of hydrogen-bond acceptors (Lipinski definition) is 4. The van der Waals surface area contributed by atoms with E-state index in [0.717, 1.165) is 51.8 Å². The quantitative estimate of drug-likeness (QED) is 0.469. The number of halogens is 1. The Morgan fingerprint density at radius 1 is 1.47 bits per heavy atom. The molecule has 2 aliphatic rings. The number of alkyl halides is 1. The van der Waals surface area contributed by atoms with Crippen molar-refractivity contribution in [3.8, 4) is 0 Å². The minimum Gasteiger partial charge on any atom is -0.384 e. The van der Waals surface area contributed by atoms with Crippen LogP contribution in [0.3, 0.4) is 0 Å². The van der Waals surface area contributed by atoms with Gasteiger partial charge >= 0.3 is 0 Å². The highest BCUT2D eigenvalue weighted by molar-refractivity contribution is 6.20. The maximum absolute atomic E-state index is 6.19. The van der Waals surface area contributed by atoms with Crippen LogP contribution in [0.15, 0.2) is 11.6 Å². The topological polar surface area (TPSA) is 64.5 Å². The molecular formula is C14H26ClN3O. The van der Waals surface area contributed by atoms with Gasteiger partial charge in [-0.25, -0.2) is 0 Å². The fourth-order valence-electron chi connectivity index (χ4n) is 3.37. The fourth-order valence-corrected chi connectivity index (χ4v) is 3.57. The highest BCUT2D eigenvalue weighted by Crippen LogP contribution is 2.43. The molecule has 4 nitrogen and oxygen atoms in total. The molecule has 1 aliphatic heterocycles. The Hall–Kier alpha value is -0.130. The number of ether oxygens (including phenoxy) is 1. The van der Waals surface area contributed by atoms with Crippen LogP contribution in [0.2, 0.25) is 0 Å². The van der Waals surface area contributed by atoms with Crippen molar-refractivity contribution in [1.82, 2.24) is 4.90 Å². The van der Waals surface area contributed by atoms with E-state index in [2.05, 4.69) is 11.0 Å². The molecule has 1 saturated heterocycles. The average Bonchev–Trinajstić information content (AvgIpc) is 2.40. The first kappa shape index (κ1) is 15.3. The molecule has 4 N–H and O–H groups in total. The van der Waals surface area contributed by atoms with Crippen LogP contribution in [0.5, 0.6) is 0 Å². The van der Waals surface area contributed by atoms with E-state index in [1.807, 2.05) is 0 Å². The standard InChI is InChI=1S/C14H26ClN3O/c1-19-10-14(11-2-4-12(15)5-3-11)6-8-18(9-7-14)13(16)17/h2,12-13H,3-10,16-17H2,1H3/t12-/m0/s1. The summed E-state index contributed by atoms with van der Waals surface area (Å²) in [6, 6.07) is 0. The van der Waals surface area contributed by atoms with E-state index >= 15 is 0 Å². The van der Waals surface area contributed by atoms with Gasteiger partial charge in [-0.05, 0) is 32.1 Å². The van der Waals surface area contributed by atoms with E-state index in [0.29, 0.717) is 5.38 Å². The minimum atomic E-state index is -0.340. The highest BCUT2D eigenvalue weighted by Gasteiger charge is 2.39. The van der Waals surface area contributed by atoms with Crippen LogP contribution >= 0.6 is 11.6 Å². The number of allylic oxidation sites excluding steroid dienone is 1. The maximum Gasteiger partial charge on any atom is 0.109 e. The van der Waals surface area contributed by atoms with Gasteiger partial charge in [0, 0.05) is 31.0 Å². The van der Waals surface area contributed by atoms with Crippen LogP contribution < -0.4 is 11.5 Å². The molecule has 0 spiro atoms. The van der Waals surface area contributed by atoms with Gasteiger partial charge in [0.25, 0.3) is 0 Å². The lowest BCUT2D eigenvalue weighted by Crippen LogP contribution is -2.54. The SMILES string of the molecule is COCC1(C2=CC[C@H](Cl)CC2)CCN(C(N)N)CC1. The van der Waals surface area contributed by atoms with Crippen molar-refractivity contribution in [2.24, 2.45) is 16.9 Å². The van der Waals surface area contributed by atoms with E-state index in [9.17, 15) is 0 Å². The highest BCUT2D eigenvalue weighted by atomic mass is 35.5. The molecule has 0 radical (unpaired) electrons. The largest absolute Gasteiger partial charge is 0.384 e. The van der Waals surface area contributed by atoms with Gasteiger partial charge in [0.2, 0.25) is 0 Å². The Morgan fingerprint density at radius 2 is 2.16 bits per heavy atom. The second kappa shape index (κ2) is 6.55. The summed E-state index contributed by atoms with van der Waals surface area (Å²) in [6.07, 6.45) is 7.33. The molecule has 2 rings (SSSR count). The van der Waals surface area contributed by atoms with Crippen LogP contribution in [0.1, 0.15) is 32.1 Å². The number of methoxy groups -OCH3 is 1. The first-order chi connectivity index (χ1) is 9.07. The van der Waals surface area contributed by atoms with Crippen molar-refractivity contribution in [2.75, 3.05) is 26.8 Å². The number of likely N-dealkylation sites (tertiary alicyclic amines) is 1. The average molecular weight is 288 g/mol. The van der Waals surface area contributed by atoms with Crippen LogP contribution in [0, 0.1) is 5.41 Å². The van der Waals surface area contributed by atoms with Gasteiger partial charge in [-0.2, -0.15) is 0 Å². The fraction of sp³-hybridized carbons (Fsp3) is 0.857. The van der Waals surface area contributed by atoms with Crippen molar-refractivity contribution in [1.29, 1.82) is 0 Å². The summed E-state index contributed by atoms with van der Waals surface area (Å²) < 4.78 is 5.51. The summed E-state index contributed by atoms with van der Waals surface area (Å²) in [4.78, 5) is 2.14. The molecule has 0 bridgehead atoms. The Morgan fingerprint density at radius 3 is 2.63 bits per heavy atom. The minimum absolute atomic E-state index is 0.178. The van der Waals surface area contributed by atoms with E-state index in [1.165, 1.54) is 5.57 Å². The molecule has 19 heavy (non-hydrogen) atoms. The molecular weight excluding hydrogens is 262 g/mol. The zero-order valence-corrected chi connectivity index (χ0v) is 12.5. The van der Waals surface area contributed by atoms with Gasteiger partial charge in [-0.15, -0.1) is 11.6 Å². The monoisotopic (exact) mass is 287 g/mol. The predicted molar refractivity (Wildman–Crippen MR) is 78.9 cm³/mol. The first-order valence-corrected chi connectivity index (χ1v) is 7.59. The number of nitrogens with zero attached hydrogens (tertiary/aromatic N) is 1. The zero-order chi connectivity index (χ0) is 13.9. The molecule has 0 amide bonds. The van der Waals surface area contributed by atoms with E-state index < -0.39 is 0 Å². The number of nitrogens with two attached hydrogens (primary N) is 2. The molecule has 0 aromatic heterocycles. The third kappa shape index (κ3) is 3.50. The van der Waals surface area contributed by atoms with Crippen molar-refractivity contribution in [3.05, 3.63) is 11.6 Å². The van der Waals surface area contributed by atoms with Gasteiger partial charge in [-0.1, -0.05) is 11.6 Å². The van der Waals surface area contributed by atoms with E-state index in [4.69, 9.17) is 27.8 Å². The second-order valence-electron chi connectivity index (χ2n) is 5.84. The van der Waals surface area contributed by atoms with E-state index in [-0.39, 0.29) is 11.7 Å². The van der Waals surface area contributed by atoms with Crippen LogP contribution in [-0.2, 0) is 4.74 Å². The van der Waals surface area contributed by atoms with Crippen LogP contribution in [0.4, 0.5) is 0 Å². The van der Waals surface area contributed by atoms with Crippen molar-refractivity contribution < 1.29 is 4.74 Å². The summed E-state index contributed by atoms with van der Waals surface area (Å²) >= 11 is 6.19. The molecule has 1 heterocycles. The molecule has 5 heteroatoms. The Labute approximate surface area is 121 Å². The molecule has 1 aliphatic carbocycles. The van der Waals surface area contributed by atoms with Crippen LogP contribution in [0.25, 0.3) is 0 Å². The van der Waals surface area contributed by atoms with Crippen molar-refractivity contribution in [3.63, 3.8) is 0 Å². The van der Waals surface area contributed by atoms with Gasteiger partial charge in [0.1, 0.15) is 6.29 Å². The third-order valence-corrected chi connectivity index (χ3v) is 5.02. The molecule has 1 fully saturated rings. The summed E-state index contributed by atoms with van der Waals surface area (Å²) in [5.41, 5.74) is 13.2. The maximum atomic E-state index is 6.19.